The van der Waals surface area contributed by atoms with Crippen LogP contribution in [0, 0.1) is 6.92 Å². The van der Waals surface area contributed by atoms with Gasteiger partial charge in [-0.1, -0.05) is 0 Å². The van der Waals surface area contributed by atoms with E-state index >= 15 is 0 Å². The van der Waals surface area contributed by atoms with E-state index < -0.39 is 12.0 Å². The van der Waals surface area contributed by atoms with Crippen LogP contribution in [0.4, 0.5) is 10.5 Å². The number of nitrogens with zero attached hydrogens (tertiary/aromatic N) is 1. The number of H-pyrrole nitrogens is 1. The van der Waals surface area contributed by atoms with Gasteiger partial charge in [0.1, 0.15) is 5.69 Å². The lowest BCUT2D eigenvalue weighted by Crippen LogP contribution is -2.34. The first-order valence-electron chi connectivity index (χ1n) is 5.52. The number of hydrogen-bond donors (Lipinski definition) is 4. The van der Waals surface area contributed by atoms with E-state index in [4.69, 9.17) is 5.11 Å². The van der Waals surface area contributed by atoms with Crippen molar-refractivity contribution in [3.05, 3.63) is 17.5 Å². The van der Waals surface area contributed by atoms with Gasteiger partial charge in [0.15, 0.2) is 0 Å². The molecule has 0 saturated carbocycles. The van der Waals surface area contributed by atoms with Gasteiger partial charge in [-0.2, -0.15) is 0 Å². The van der Waals surface area contributed by atoms with Crippen LogP contribution in [-0.4, -0.2) is 54.2 Å². The molecule has 0 aliphatic rings. The van der Waals surface area contributed by atoms with Crippen LogP contribution in [0.5, 0.6) is 0 Å². The topological polar surface area (TPSA) is 97.5 Å². The molecule has 4 N–H and O–H groups in total. The maximum absolute atomic E-state index is 11.5. The van der Waals surface area contributed by atoms with E-state index in [1.54, 1.807) is 13.0 Å². The zero-order valence-corrected chi connectivity index (χ0v) is 10.7. The number of likely N-dealkylation sites (N-methyl/N-ethyl adjacent to an activating group) is 1. The second-order valence-corrected chi connectivity index (χ2v) is 4.23. The third kappa shape index (κ3) is 4.10. The maximum Gasteiger partial charge on any atom is 0.354 e. The van der Waals surface area contributed by atoms with Gasteiger partial charge in [0.05, 0.1) is 5.69 Å². The van der Waals surface area contributed by atoms with Crippen LogP contribution in [0.1, 0.15) is 16.2 Å². The normalized spacial score (nSPS) is 10.4. The number of nitrogens with one attached hydrogen (secondary N) is 3. The first-order chi connectivity index (χ1) is 8.40. The van der Waals surface area contributed by atoms with Gasteiger partial charge in [-0.15, -0.1) is 0 Å². The van der Waals surface area contributed by atoms with E-state index in [1.165, 1.54) is 0 Å². The molecule has 0 saturated heterocycles. The molecule has 7 nitrogen and oxygen atoms in total. The summed E-state index contributed by atoms with van der Waals surface area (Å²) in [6.45, 7) is 2.93. The second kappa shape index (κ2) is 6.06. The number of rotatable bonds is 5. The Bertz CT molecular complexity index is 439. The lowest BCUT2D eigenvalue weighted by atomic mass is 10.3. The highest BCUT2D eigenvalue weighted by molar-refractivity contribution is 5.99. The van der Waals surface area contributed by atoms with Crippen LogP contribution in [0.15, 0.2) is 6.07 Å². The van der Waals surface area contributed by atoms with Gasteiger partial charge in [0.2, 0.25) is 0 Å². The molecule has 0 spiro atoms. The minimum absolute atomic E-state index is 0.0183. The Morgan fingerprint density at radius 1 is 1.44 bits per heavy atom. The van der Waals surface area contributed by atoms with Crippen LogP contribution < -0.4 is 10.6 Å². The van der Waals surface area contributed by atoms with Gasteiger partial charge >= 0.3 is 12.0 Å². The molecular weight excluding hydrogens is 236 g/mol. The van der Waals surface area contributed by atoms with Crippen molar-refractivity contribution in [3.8, 4) is 0 Å². The van der Waals surface area contributed by atoms with Gasteiger partial charge in [-0.25, -0.2) is 9.59 Å². The Kier molecular flexibility index (Phi) is 4.73. The Labute approximate surface area is 105 Å². The predicted molar refractivity (Wildman–Crippen MR) is 68.1 cm³/mol. The molecule has 0 aliphatic carbocycles. The molecule has 1 aromatic rings. The summed E-state index contributed by atoms with van der Waals surface area (Å²) in [7, 11) is 3.80. The number of carbonyl (C=O) groups is 2. The predicted octanol–water partition coefficient (Wildman–Crippen LogP) is 0.704. The fourth-order valence-electron chi connectivity index (χ4n) is 1.42. The minimum atomic E-state index is -1.10. The van der Waals surface area contributed by atoms with Crippen molar-refractivity contribution in [1.29, 1.82) is 0 Å². The molecule has 1 aromatic heterocycles. The van der Waals surface area contributed by atoms with Crippen molar-refractivity contribution in [2.75, 3.05) is 32.5 Å². The molecule has 1 rings (SSSR count). The molecule has 0 fully saturated rings. The summed E-state index contributed by atoms with van der Waals surface area (Å²) in [5.41, 5.74) is 0.925. The number of aromatic nitrogens is 1. The summed E-state index contributed by atoms with van der Waals surface area (Å²) in [5, 5.41) is 14.1. The molecule has 18 heavy (non-hydrogen) atoms. The van der Waals surface area contributed by atoms with Crippen LogP contribution in [0.2, 0.25) is 0 Å². The number of hydrogen-bond acceptors (Lipinski definition) is 3. The molecule has 0 radical (unpaired) electrons. The number of carboxylic acid groups (broad SMARTS) is 1. The average molecular weight is 254 g/mol. The summed E-state index contributed by atoms with van der Waals surface area (Å²) in [4.78, 5) is 27.0. The molecule has 0 aromatic carbocycles. The molecular formula is C11H18N4O3. The Hall–Kier alpha value is -2.02. The van der Waals surface area contributed by atoms with Crippen molar-refractivity contribution in [3.63, 3.8) is 0 Å². The van der Waals surface area contributed by atoms with Gasteiger partial charge in [-0.05, 0) is 27.1 Å². The van der Waals surface area contributed by atoms with Gasteiger partial charge < -0.3 is 25.6 Å². The third-order valence-electron chi connectivity index (χ3n) is 2.26. The van der Waals surface area contributed by atoms with E-state index in [0.29, 0.717) is 18.8 Å². The molecule has 0 aliphatic heterocycles. The lowest BCUT2D eigenvalue weighted by Gasteiger charge is -2.11. The number of carboxylic acids is 1. The summed E-state index contributed by atoms with van der Waals surface area (Å²) in [6, 6.07) is 1.16. The molecule has 2 amide bonds. The second-order valence-electron chi connectivity index (χ2n) is 4.23. The Morgan fingerprint density at radius 2 is 2.11 bits per heavy atom. The van der Waals surface area contributed by atoms with E-state index in [-0.39, 0.29) is 11.4 Å². The van der Waals surface area contributed by atoms with E-state index in [9.17, 15) is 9.59 Å². The van der Waals surface area contributed by atoms with Crippen molar-refractivity contribution in [1.82, 2.24) is 15.2 Å². The van der Waals surface area contributed by atoms with Gasteiger partial charge in [0.25, 0.3) is 0 Å². The zero-order chi connectivity index (χ0) is 13.7. The first-order valence-corrected chi connectivity index (χ1v) is 5.52. The number of aromatic carboxylic acids is 1. The van der Waals surface area contributed by atoms with Crippen LogP contribution in [-0.2, 0) is 0 Å². The first kappa shape index (κ1) is 14.0. The number of carbonyl (C=O) groups excluding carboxylic acids is 1. The smallest absolute Gasteiger partial charge is 0.354 e. The van der Waals surface area contributed by atoms with E-state index in [1.807, 2.05) is 19.0 Å². The van der Waals surface area contributed by atoms with Crippen LogP contribution >= 0.6 is 0 Å². The largest absolute Gasteiger partial charge is 0.477 e. The van der Waals surface area contributed by atoms with Gasteiger partial charge in [-0.3, -0.25) is 0 Å². The molecule has 1 heterocycles. The molecule has 0 atom stereocenters. The number of anilines is 1. The molecule has 100 valence electrons. The number of aryl methyl sites for hydroxylation is 1. The lowest BCUT2D eigenvalue weighted by molar-refractivity contribution is 0.0692. The molecule has 0 bridgehead atoms. The SMILES string of the molecule is Cc1cc(NC(=O)NCCN(C)C)c(C(=O)O)[nH]1. The van der Waals surface area contributed by atoms with Gasteiger partial charge in [0, 0.05) is 18.8 Å². The standard InChI is InChI=1S/C11H18N4O3/c1-7-6-8(9(13-7)10(16)17)14-11(18)12-4-5-15(2)3/h6,13H,4-5H2,1-3H3,(H,16,17)(H2,12,14,18). The van der Waals surface area contributed by atoms with Crippen molar-refractivity contribution < 1.29 is 14.7 Å². The summed E-state index contributed by atoms with van der Waals surface area (Å²) in [6.07, 6.45) is 0. The van der Waals surface area contributed by atoms with Crippen molar-refractivity contribution >= 4 is 17.7 Å². The maximum atomic E-state index is 11.5. The highest BCUT2D eigenvalue weighted by Crippen LogP contribution is 2.16. The van der Waals surface area contributed by atoms with Crippen LogP contribution in [0.25, 0.3) is 0 Å². The number of aromatic amines is 1. The highest BCUT2D eigenvalue weighted by Gasteiger charge is 2.14. The Morgan fingerprint density at radius 3 is 2.67 bits per heavy atom. The van der Waals surface area contributed by atoms with E-state index in [0.717, 1.165) is 0 Å². The third-order valence-corrected chi connectivity index (χ3v) is 2.26. The molecule has 7 heteroatoms. The fourth-order valence-corrected chi connectivity index (χ4v) is 1.42. The Balaban J connectivity index is 2.56. The monoisotopic (exact) mass is 254 g/mol. The van der Waals surface area contributed by atoms with Crippen molar-refractivity contribution in [2.24, 2.45) is 0 Å². The number of amides is 2. The van der Waals surface area contributed by atoms with E-state index in [2.05, 4.69) is 15.6 Å². The molecule has 0 unspecified atom stereocenters. The van der Waals surface area contributed by atoms with Crippen LogP contribution in [0.3, 0.4) is 0 Å². The summed E-state index contributed by atoms with van der Waals surface area (Å²) >= 11 is 0. The van der Waals surface area contributed by atoms with Crippen molar-refractivity contribution in [2.45, 2.75) is 6.92 Å². The summed E-state index contributed by atoms with van der Waals surface area (Å²) in [5.74, 6) is -1.10. The fraction of sp³-hybridized carbons (Fsp3) is 0.455. The summed E-state index contributed by atoms with van der Waals surface area (Å²) < 4.78 is 0. The zero-order valence-electron chi connectivity index (χ0n) is 10.7. The minimum Gasteiger partial charge on any atom is -0.477 e. The quantitative estimate of drug-likeness (QED) is 0.622. The highest BCUT2D eigenvalue weighted by atomic mass is 16.4. The average Bonchev–Trinajstić information content (AvgIpc) is 2.58. The number of urea groups is 1.